The van der Waals surface area contributed by atoms with Gasteiger partial charge in [-0.1, -0.05) is 19.9 Å². The van der Waals surface area contributed by atoms with Gasteiger partial charge < -0.3 is 10.1 Å². The first-order valence-corrected chi connectivity index (χ1v) is 7.16. The van der Waals surface area contributed by atoms with Crippen molar-refractivity contribution in [2.24, 2.45) is 5.92 Å². The van der Waals surface area contributed by atoms with E-state index in [-0.39, 0.29) is 18.4 Å². The molecule has 1 rings (SSSR count). The Morgan fingerprint density at radius 3 is 2.57 bits per heavy atom. The van der Waals surface area contributed by atoms with E-state index >= 15 is 0 Å². The monoisotopic (exact) mass is 299 g/mol. The molecule has 0 heterocycles. The molecule has 3 nitrogen and oxygen atoms in total. The molecular weight excluding hydrogens is 276 g/mol. The molecular formula is C16H23F2NO2. The highest BCUT2D eigenvalue weighted by molar-refractivity contribution is 5.70. The number of esters is 1. The number of benzene rings is 1. The van der Waals surface area contributed by atoms with Crippen molar-refractivity contribution in [3.63, 3.8) is 0 Å². The Morgan fingerprint density at radius 2 is 2.00 bits per heavy atom. The fourth-order valence-electron chi connectivity index (χ4n) is 2.03. The van der Waals surface area contributed by atoms with Gasteiger partial charge in [-0.3, -0.25) is 4.79 Å². The van der Waals surface area contributed by atoms with E-state index in [1.54, 1.807) is 0 Å². The van der Waals surface area contributed by atoms with Gasteiger partial charge in [0.05, 0.1) is 13.5 Å². The first-order chi connectivity index (χ1) is 9.92. The molecule has 0 spiro atoms. The molecule has 1 N–H and O–H groups in total. The van der Waals surface area contributed by atoms with E-state index in [0.29, 0.717) is 17.9 Å². The Hall–Kier alpha value is -1.49. The molecule has 5 heteroatoms. The van der Waals surface area contributed by atoms with Crippen LogP contribution in [0.2, 0.25) is 0 Å². The summed E-state index contributed by atoms with van der Waals surface area (Å²) in [5.41, 5.74) is 0.653. The molecule has 0 aliphatic heterocycles. The van der Waals surface area contributed by atoms with Crippen LogP contribution in [0.15, 0.2) is 18.2 Å². The number of rotatable bonds is 8. The quantitative estimate of drug-likeness (QED) is 0.750. The summed E-state index contributed by atoms with van der Waals surface area (Å²) in [7, 11) is 1.34. The predicted octanol–water partition coefficient (Wildman–Crippen LogP) is 3.07. The van der Waals surface area contributed by atoms with Gasteiger partial charge in [-0.05, 0) is 43.0 Å². The van der Waals surface area contributed by atoms with Crippen LogP contribution in [-0.2, 0) is 16.0 Å². The topological polar surface area (TPSA) is 38.3 Å². The summed E-state index contributed by atoms with van der Waals surface area (Å²) in [6, 6.07) is 3.66. The molecule has 0 saturated carbocycles. The van der Waals surface area contributed by atoms with Gasteiger partial charge >= 0.3 is 5.97 Å². The summed E-state index contributed by atoms with van der Waals surface area (Å²) in [6.07, 6.45) is 1.63. The van der Waals surface area contributed by atoms with Crippen LogP contribution in [0, 0.1) is 17.6 Å². The van der Waals surface area contributed by atoms with Crippen LogP contribution in [0.1, 0.15) is 32.3 Å². The number of hydrogen-bond donors (Lipinski definition) is 1. The molecule has 0 aliphatic rings. The number of halogens is 2. The Morgan fingerprint density at radius 1 is 1.29 bits per heavy atom. The Labute approximate surface area is 124 Å². The second-order valence-corrected chi connectivity index (χ2v) is 5.57. The summed E-state index contributed by atoms with van der Waals surface area (Å²) in [5, 5.41) is 3.28. The van der Waals surface area contributed by atoms with Gasteiger partial charge in [-0.25, -0.2) is 8.78 Å². The minimum Gasteiger partial charge on any atom is -0.469 e. The average Bonchev–Trinajstić information content (AvgIpc) is 2.42. The normalized spacial score (nSPS) is 12.5. The highest BCUT2D eigenvalue weighted by Crippen LogP contribution is 2.12. The smallest absolute Gasteiger partial charge is 0.307 e. The highest BCUT2D eigenvalue weighted by atomic mass is 19.2. The number of methoxy groups -OCH3 is 1. The van der Waals surface area contributed by atoms with Crippen molar-refractivity contribution in [2.75, 3.05) is 13.7 Å². The third kappa shape index (κ3) is 6.67. The number of carbonyl (C=O) groups excluding carboxylic acids is 1. The van der Waals surface area contributed by atoms with Crippen molar-refractivity contribution >= 4 is 5.97 Å². The van der Waals surface area contributed by atoms with E-state index in [0.717, 1.165) is 19.0 Å². The molecule has 1 unspecified atom stereocenters. The maximum absolute atomic E-state index is 13.2. The van der Waals surface area contributed by atoms with Gasteiger partial charge in [0.2, 0.25) is 0 Å². The van der Waals surface area contributed by atoms with Crippen molar-refractivity contribution in [1.82, 2.24) is 5.32 Å². The lowest BCUT2D eigenvalue weighted by Gasteiger charge is -2.18. The fraction of sp³-hybridized carbons (Fsp3) is 0.562. The maximum atomic E-state index is 13.2. The molecule has 0 fully saturated rings. The van der Waals surface area contributed by atoms with Gasteiger partial charge in [0.1, 0.15) is 0 Å². The SMILES string of the molecule is COC(=O)CC(Cc1ccc(F)c(F)c1)NCCC(C)C. The Balaban J connectivity index is 2.65. The number of carbonyl (C=O) groups is 1. The largest absolute Gasteiger partial charge is 0.469 e. The van der Waals surface area contributed by atoms with Gasteiger partial charge in [0.25, 0.3) is 0 Å². The van der Waals surface area contributed by atoms with Crippen LogP contribution in [0.5, 0.6) is 0 Å². The predicted molar refractivity (Wildman–Crippen MR) is 77.9 cm³/mol. The molecule has 0 saturated heterocycles. The van der Waals surface area contributed by atoms with E-state index in [1.165, 1.54) is 19.2 Å². The highest BCUT2D eigenvalue weighted by Gasteiger charge is 2.15. The fourth-order valence-corrected chi connectivity index (χ4v) is 2.03. The molecule has 0 aromatic heterocycles. The molecule has 1 aromatic rings. The van der Waals surface area contributed by atoms with E-state index in [1.807, 2.05) is 0 Å². The summed E-state index contributed by atoms with van der Waals surface area (Å²) >= 11 is 0. The summed E-state index contributed by atoms with van der Waals surface area (Å²) in [5.74, 6) is -1.50. The van der Waals surface area contributed by atoms with Gasteiger partial charge in [0.15, 0.2) is 11.6 Å². The van der Waals surface area contributed by atoms with Crippen LogP contribution in [0.3, 0.4) is 0 Å². The zero-order valence-corrected chi connectivity index (χ0v) is 12.8. The van der Waals surface area contributed by atoms with Crippen molar-refractivity contribution in [3.05, 3.63) is 35.4 Å². The maximum Gasteiger partial charge on any atom is 0.307 e. The molecule has 21 heavy (non-hydrogen) atoms. The van der Waals surface area contributed by atoms with Crippen molar-refractivity contribution in [3.8, 4) is 0 Å². The summed E-state index contributed by atoms with van der Waals surface area (Å²) in [4.78, 5) is 11.4. The van der Waals surface area contributed by atoms with E-state index in [2.05, 4.69) is 23.9 Å². The number of hydrogen-bond acceptors (Lipinski definition) is 3. The second-order valence-electron chi connectivity index (χ2n) is 5.57. The first-order valence-electron chi connectivity index (χ1n) is 7.16. The number of nitrogens with one attached hydrogen (secondary N) is 1. The molecule has 0 amide bonds. The lowest BCUT2D eigenvalue weighted by atomic mass is 10.0. The van der Waals surface area contributed by atoms with Crippen molar-refractivity contribution in [1.29, 1.82) is 0 Å². The molecule has 0 radical (unpaired) electrons. The molecule has 0 bridgehead atoms. The molecule has 1 aromatic carbocycles. The zero-order chi connectivity index (χ0) is 15.8. The Bertz CT molecular complexity index is 464. The zero-order valence-electron chi connectivity index (χ0n) is 12.8. The van der Waals surface area contributed by atoms with Gasteiger partial charge in [0, 0.05) is 6.04 Å². The lowest BCUT2D eigenvalue weighted by Crippen LogP contribution is -2.35. The van der Waals surface area contributed by atoms with Crippen LogP contribution in [0.4, 0.5) is 8.78 Å². The number of ether oxygens (including phenoxy) is 1. The van der Waals surface area contributed by atoms with E-state index in [4.69, 9.17) is 0 Å². The van der Waals surface area contributed by atoms with Crippen LogP contribution >= 0.6 is 0 Å². The third-order valence-corrected chi connectivity index (χ3v) is 3.26. The third-order valence-electron chi connectivity index (χ3n) is 3.26. The van der Waals surface area contributed by atoms with E-state index in [9.17, 15) is 13.6 Å². The standard InChI is InChI=1S/C16H23F2NO2/c1-11(2)6-7-19-13(10-16(20)21-3)8-12-4-5-14(17)15(18)9-12/h4-5,9,11,13,19H,6-8,10H2,1-3H3. The van der Waals surface area contributed by atoms with Crippen molar-refractivity contribution < 1.29 is 18.3 Å². The second kappa shape index (κ2) is 8.72. The van der Waals surface area contributed by atoms with Crippen LogP contribution in [0.25, 0.3) is 0 Å². The summed E-state index contributed by atoms with van der Waals surface area (Å²) in [6.45, 7) is 5.00. The Kier molecular flexibility index (Phi) is 7.29. The minimum absolute atomic E-state index is 0.152. The average molecular weight is 299 g/mol. The molecule has 1 atom stereocenters. The van der Waals surface area contributed by atoms with Crippen LogP contribution < -0.4 is 5.32 Å². The van der Waals surface area contributed by atoms with Gasteiger partial charge in [-0.15, -0.1) is 0 Å². The van der Waals surface area contributed by atoms with E-state index < -0.39 is 11.6 Å². The molecule has 118 valence electrons. The lowest BCUT2D eigenvalue weighted by molar-refractivity contribution is -0.141. The minimum atomic E-state index is -0.869. The summed E-state index contributed by atoms with van der Waals surface area (Å²) < 4.78 is 30.8. The first kappa shape index (κ1) is 17.6. The van der Waals surface area contributed by atoms with Crippen molar-refractivity contribution in [2.45, 2.75) is 39.2 Å². The van der Waals surface area contributed by atoms with Gasteiger partial charge in [-0.2, -0.15) is 0 Å². The van der Waals surface area contributed by atoms with Crippen LogP contribution in [-0.4, -0.2) is 25.7 Å². The molecule has 0 aliphatic carbocycles.